The van der Waals surface area contributed by atoms with Crippen LogP contribution in [0.4, 0.5) is 16.2 Å². The number of benzene rings is 3. The molecule has 0 bridgehead atoms. The lowest BCUT2D eigenvalue weighted by Crippen LogP contribution is -2.38. The van der Waals surface area contributed by atoms with E-state index in [0.717, 1.165) is 0 Å². The molecule has 3 aromatic rings. The van der Waals surface area contributed by atoms with E-state index in [1.54, 1.807) is 43.0 Å². The van der Waals surface area contributed by atoms with Crippen molar-refractivity contribution in [3.05, 3.63) is 76.9 Å². The summed E-state index contributed by atoms with van der Waals surface area (Å²) < 4.78 is 37.8. The fraction of sp³-hybridized carbons (Fsp3) is 0.312. The highest BCUT2D eigenvalue weighted by Gasteiger charge is 2.38. The molecule has 3 aromatic carbocycles. The Hall–Kier alpha value is -5.11. The summed E-state index contributed by atoms with van der Waals surface area (Å²) in [5, 5.41) is 16.3. The van der Waals surface area contributed by atoms with Crippen molar-refractivity contribution in [2.75, 3.05) is 31.4 Å². The maximum atomic E-state index is 14.6. The number of carbonyl (C=O) groups is 4. The summed E-state index contributed by atoms with van der Waals surface area (Å²) in [6.07, 6.45) is -0.316. The Labute approximate surface area is 265 Å². The van der Waals surface area contributed by atoms with Gasteiger partial charge in [-0.25, -0.2) is 13.2 Å². The molecule has 2 aliphatic heterocycles. The summed E-state index contributed by atoms with van der Waals surface area (Å²) in [7, 11) is -0.865. The van der Waals surface area contributed by atoms with Crippen LogP contribution in [0.3, 0.4) is 0 Å². The predicted molar refractivity (Wildman–Crippen MR) is 168 cm³/mol. The van der Waals surface area contributed by atoms with Gasteiger partial charge in [0.1, 0.15) is 6.04 Å². The predicted octanol–water partition coefficient (Wildman–Crippen LogP) is 4.38. The molecular weight excluding hydrogens is 616 g/mol. The number of hydrogen-bond acceptors (Lipinski definition) is 9. The van der Waals surface area contributed by atoms with Crippen molar-refractivity contribution in [3.63, 3.8) is 0 Å². The van der Waals surface area contributed by atoms with Gasteiger partial charge in [0.2, 0.25) is 5.91 Å². The van der Waals surface area contributed by atoms with Crippen molar-refractivity contribution in [2.24, 2.45) is 0 Å². The van der Waals surface area contributed by atoms with Crippen LogP contribution in [0.25, 0.3) is 0 Å². The summed E-state index contributed by atoms with van der Waals surface area (Å²) in [6, 6.07) is 12.1. The Kier molecular flexibility index (Phi) is 8.92. The van der Waals surface area contributed by atoms with Crippen molar-refractivity contribution >= 4 is 45.0 Å². The molecule has 4 N–H and O–H groups in total. The molecular formula is C32H34N4O9S. The zero-order valence-electron chi connectivity index (χ0n) is 25.6. The molecule has 46 heavy (non-hydrogen) atoms. The molecule has 2 atom stereocenters. The molecule has 242 valence electrons. The van der Waals surface area contributed by atoms with Crippen LogP contribution in [0, 0.1) is 0 Å². The van der Waals surface area contributed by atoms with E-state index in [2.05, 4.69) is 16.0 Å². The summed E-state index contributed by atoms with van der Waals surface area (Å²) in [5.41, 5.74) is 1.75. The minimum Gasteiger partial charge on any atom is -0.493 e. The third-order valence-corrected chi connectivity index (χ3v) is 10.3. The molecule has 2 aliphatic rings. The van der Waals surface area contributed by atoms with E-state index < -0.39 is 51.0 Å². The van der Waals surface area contributed by atoms with Gasteiger partial charge in [0, 0.05) is 17.9 Å². The number of nitrogens with zero attached hydrogens (tertiary/aromatic N) is 1. The fourth-order valence-electron chi connectivity index (χ4n) is 5.79. The monoisotopic (exact) mass is 650 g/mol. The number of imide groups is 1. The largest absolute Gasteiger partial charge is 0.493 e. The lowest BCUT2D eigenvalue weighted by Gasteiger charge is -2.32. The van der Waals surface area contributed by atoms with E-state index in [1.807, 2.05) is 0 Å². The molecule has 0 aromatic heterocycles. The number of amides is 4. The van der Waals surface area contributed by atoms with E-state index in [4.69, 9.17) is 9.47 Å². The van der Waals surface area contributed by atoms with Crippen LogP contribution in [-0.2, 0) is 14.6 Å². The molecule has 0 saturated carbocycles. The lowest BCUT2D eigenvalue weighted by molar-refractivity contribution is -0.133. The minimum atomic E-state index is -3.82. The Bertz CT molecular complexity index is 1840. The quantitative estimate of drug-likeness (QED) is 0.230. The first-order valence-corrected chi connectivity index (χ1v) is 16.1. The van der Waals surface area contributed by atoms with Gasteiger partial charge in [-0.1, -0.05) is 6.07 Å². The minimum absolute atomic E-state index is 0.0214. The first kappa shape index (κ1) is 32.3. The number of carboxylic acid groups (broad SMARTS) is 1. The normalized spacial score (nSPS) is 16.5. The van der Waals surface area contributed by atoms with Gasteiger partial charge in [-0.05, 0) is 86.3 Å². The summed E-state index contributed by atoms with van der Waals surface area (Å²) in [6.45, 7) is 3.41. The van der Waals surface area contributed by atoms with Gasteiger partial charge < -0.3 is 24.8 Å². The van der Waals surface area contributed by atoms with Crippen molar-refractivity contribution in [1.29, 1.82) is 0 Å². The number of hydrogen-bond donors (Lipinski definition) is 4. The van der Waals surface area contributed by atoms with E-state index >= 15 is 0 Å². The van der Waals surface area contributed by atoms with Gasteiger partial charge in [0.25, 0.3) is 11.8 Å². The number of methoxy groups -OCH3 is 2. The lowest BCUT2D eigenvalue weighted by atomic mass is 10.00. The third kappa shape index (κ3) is 6.07. The highest BCUT2D eigenvalue weighted by Crippen LogP contribution is 2.41. The molecule has 14 heteroatoms. The first-order valence-electron chi connectivity index (χ1n) is 14.5. The fourth-order valence-corrected chi connectivity index (χ4v) is 7.08. The number of sulfone groups is 1. The number of anilines is 2. The average molecular weight is 651 g/mol. The Balaban J connectivity index is 1.60. The third-order valence-electron chi connectivity index (χ3n) is 8.12. The van der Waals surface area contributed by atoms with Gasteiger partial charge >= 0.3 is 6.09 Å². The van der Waals surface area contributed by atoms with Crippen LogP contribution in [-0.4, -0.2) is 68.3 Å². The van der Waals surface area contributed by atoms with Crippen LogP contribution < -0.4 is 25.4 Å². The number of fused-ring (bicyclic) bond motifs is 1. The van der Waals surface area contributed by atoms with Crippen molar-refractivity contribution in [3.8, 4) is 11.5 Å². The van der Waals surface area contributed by atoms with Gasteiger partial charge in [0.15, 0.2) is 21.3 Å². The molecule has 0 spiro atoms. The maximum Gasteiger partial charge on any atom is 0.409 e. The standard InChI is InChI=1S/C32H34N4O9S/c1-17(2)46(42,43)27-12-9-20(34-32(40)41)16-23(27)24-6-5-13-36(24)31(39)28(18-7-11-25(44-3)26(14-18)45-4)33-19-8-10-21-22(15-19)30(38)35-29(21)37/h7-12,14-17,24,28,33-34H,5-6,13H2,1-4H3,(H,40,41)(H,35,37,38). The highest BCUT2D eigenvalue weighted by molar-refractivity contribution is 7.92. The Morgan fingerprint density at radius 1 is 0.935 bits per heavy atom. The smallest absolute Gasteiger partial charge is 0.409 e. The highest BCUT2D eigenvalue weighted by atomic mass is 32.2. The van der Waals surface area contributed by atoms with E-state index in [9.17, 15) is 32.7 Å². The molecule has 1 saturated heterocycles. The SMILES string of the molecule is COc1ccc(C(Nc2ccc3c(c2)C(=O)NC3=O)C(=O)N2CCCC2c2cc(NC(=O)O)ccc2S(=O)(=O)C(C)C)cc1OC. The molecule has 13 nitrogen and oxygen atoms in total. The van der Waals surface area contributed by atoms with E-state index in [-0.39, 0.29) is 21.7 Å². The van der Waals surface area contributed by atoms with E-state index in [1.165, 1.54) is 44.6 Å². The van der Waals surface area contributed by atoms with Crippen LogP contribution in [0.2, 0.25) is 0 Å². The number of carbonyl (C=O) groups excluding carboxylic acids is 3. The number of ether oxygens (including phenoxy) is 2. The van der Waals surface area contributed by atoms with E-state index in [0.29, 0.717) is 47.7 Å². The van der Waals surface area contributed by atoms with Crippen molar-refractivity contribution in [2.45, 2.75) is 48.9 Å². The first-order chi connectivity index (χ1) is 21.8. The van der Waals surface area contributed by atoms with Crippen LogP contribution in [0.5, 0.6) is 11.5 Å². The molecule has 2 unspecified atom stereocenters. The van der Waals surface area contributed by atoms with Crippen molar-refractivity contribution in [1.82, 2.24) is 10.2 Å². The Morgan fingerprint density at radius 2 is 1.63 bits per heavy atom. The second-order valence-corrected chi connectivity index (χ2v) is 13.7. The summed E-state index contributed by atoms with van der Waals surface area (Å²) in [4.78, 5) is 52.1. The van der Waals surface area contributed by atoms with Crippen LogP contribution in [0.15, 0.2) is 59.5 Å². The zero-order valence-corrected chi connectivity index (χ0v) is 26.4. The Morgan fingerprint density at radius 3 is 2.30 bits per heavy atom. The molecule has 0 radical (unpaired) electrons. The molecule has 4 amide bonds. The topological polar surface area (TPSA) is 180 Å². The molecule has 1 fully saturated rings. The van der Waals surface area contributed by atoms with Crippen molar-refractivity contribution < 1.29 is 42.2 Å². The average Bonchev–Trinajstić information content (AvgIpc) is 3.62. The maximum absolute atomic E-state index is 14.6. The number of likely N-dealkylation sites (tertiary alicyclic amines) is 1. The van der Waals surface area contributed by atoms with Crippen LogP contribution in [0.1, 0.15) is 70.6 Å². The second-order valence-electron chi connectivity index (χ2n) is 11.2. The summed E-state index contributed by atoms with van der Waals surface area (Å²) in [5.74, 6) is -0.651. The zero-order chi connectivity index (χ0) is 33.3. The van der Waals surface area contributed by atoms with Crippen LogP contribution >= 0.6 is 0 Å². The van der Waals surface area contributed by atoms with Gasteiger partial charge in [-0.3, -0.25) is 25.0 Å². The number of rotatable bonds is 10. The molecule has 0 aliphatic carbocycles. The molecule has 2 heterocycles. The second kappa shape index (κ2) is 12.7. The van der Waals surface area contributed by atoms with Gasteiger partial charge in [0.05, 0.1) is 41.5 Å². The summed E-state index contributed by atoms with van der Waals surface area (Å²) >= 11 is 0. The van der Waals surface area contributed by atoms with Gasteiger partial charge in [-0.15, -0.1) is 0 Å². The number of nitrogens with one attached hydrogen (secondary N) is 3. The van der Waals surface area contributed by atoms with Gasteiger partial charge in [-0.2, -0.15) is 0 Å². The molecule has 5 rings (SSSR count).